The van der Waals surface area contributed by atoms with Gasteiger partial charge in [-0.15, -0.1) is 0 Å². The number of methoxy groups -OCH3 is 3. The van der Waals surface area contributed by atoms with Crippen LogP contribution in [0.5, 0.6) is 17.2 Å². The number of hydrogen-bond donors (Lipinski definition) is 1. The van der Waals surface area contributed by atoms with Gasteiger partial charge in [-0.3, -0.25) is 14.5 Å². The van der Waals surface area contributed by atoms with E-state index in [0.717, 1.165) is 16.9 Å². The minimum atomic E-state index is -1.09. The van der Waals surface area contributed by atoms with Crippen LogP contribution in [0.3, 0.4) is 0 Å². The van der Waals surface area contributed by atoms with Crippen molar-refractivity contribution in [3.05, 3.63) is 81.9 Å². The van der Waals surface area contributed by atoms with Crippen molar-refractivity contribution >= 4 is 39.9 Å². The Balaban J connectivity index is 1.93. The predicted octanol–water partition coefficient (Wildman–Crippen LogP) is 4.75. The van der Waals surface area contributed by atoms with Crippen molar-refractivity contribution in [3.8, 4) is 17.2 Å². The molecule has 0 aliphatic carbocycles. The van der Waals surface area contributed by atoms with Gasteiger partial charge in [0.25, 0.3) is 5.78 Å². The Morgan fingerprint density at radius 3 is 2.35 bits per heavy atom. The first kappa shape index (κ1) is 28.4. The highest BCUT2D eigenvalue weighted by atomic mass is 32.1. The van der Waals surface area contributed by atoms with Crippen LogP contribution in [0, 0.1) is 13.8 Å². The Hall–Kier alpha value is -4.64. The average molecular weight is 565 g/mol. The van der Waals surface area contributed by atoms with E-state index in [4.69, 9.17) is 18.9 Å². The Kier molecular flexibility index (Phi) is 8.24. The smallest absolute Gasteiger partial charge is 0.350 e. The molecule has 1 aliphatic rings. The second-order valence-electron chi connectivity index (χ2n) is 8.77. The van der Waals surface area contributed by atoms with Gasteiger partial charge in [-0.05, 0) is 55.3 Å². The number of Topliss-reactive ketones (excluding diaryl/α,β-unsaturated/α-hetero) is 1. The van der Waals surface area contributed by atoms with E-state index in [0.29, 0.717) is 34.1 Å². The summed E-state index contributed by atoms with van der Waals surface area (Å²) >= 11 is 0.910. The lowest BCUT2D eigenvalue weighted by Crippen LogP contribution is -2.29. The maximum absolute atomic E-state index is 13.5. The quantitative estimate of drug-likeness (QED) is 0.129. The minimum absolute atomic E-state index is 0.00292. The molecule has 1 N–H and O–H groups in total. The molecule has 1 saturated heterocycles. The number of hydrogen-bond acceptors (Lipinski definition) is 10. The van der Waals surface area contributed by atoms with Gasteiger partial charge in [0.05, 0.1) is 38.6 Å². The topological polar surface area (TPSA) is 124 Å². The van der Waals surface area contributed by atoms with Crippen molar-refractivity contribution in [2.75, 3.05) is 32.8 Å². The first-order chi connectivity index (χ1) is 19.2. The molecule has 1 aliphatic heterocycles. The Morgan fingerprint density at radius 2 is 1.73 bits per heavy atom. The number of carbonyl (C=O) groups excluding carboxylic acids is 3. The summed E-state index contributed by atoms with van der Waals surface area (Å²) in [7, 11) is 4.48. The van der Waals surface area contributed by atoms with E-state index in [2.05, 4.69) is 11.6 Å². The Labute approximate surface area is 235 Å². The SMILES string of the molecule is C=CCOC(=O)c1sc(N2C(=O)C(=O)/C(=C(/O)c3ccc(OC)c(C)c3)[C@@H]2c2ccc(OC)c(OC)c2)nc1C. The maximum Gasteiger partial charge on any atom is 0.350 e. The van der Waals surface area contributed by atoms with E-state index in [1.165, 1.54) is 32.3 Å². The van der Waals surface area contributed by atoms with Crippen LogP contribution in [0.2, 0.25) is 0 Å². The Bertz CT molecular complexity index is 1540. The highest BCUT2D eigenvalue weighted by Crippen LogP contribution is 2.45. The molecule has 1 aromatic heterocycles. The number of amides is 1. The third-order valence-electron chi connectivity index (χ3n) is 6.35. The number of esters is 1. The molecule has 4 rings (SSSR count). The lowest BCUT2D eigenvalue weighted by Gasteiger charge is -2.24. The van der Waals surface area contributed by atoms with Crippen LogP contribution in [0.1, 0.15) is 38.1 Å². The van der Waals surface area contributed by atoms with Gasteiger partial charge in [0.2, 0.25) is 0 Å². The summed E-state index contributed by atoms with van der Waals surface area (Å²) in [6, 6.07) is 8.75. The minimum Gasteiger partial charge on any atom is -0.507 e. The molecule has 2 aromatic carbocycles. The molecular weight excluding hydrogens is 536 g/mol. The number of aliphatic hydroxyl groups excluding tert-OH is 1. The summed E-state index contributed by atoms with van der Waals surface area (Å²) in [6.07, 6.45) is 1.44. The van der Waals surface area contributed by atoms with E-state index < -0.39 is 23.7 Å². The third kappa shape index (κ3) is 5.03. The molecule has 0 bridgehead atoms. The van der Waals surface area contributed by atoms with E-state index in [9.17, 15) is 19.5 Å². The number of carbonyl (C=O) groups is 3. The summed E-state index contributed by atoms with van der Waals surface area (Å²) in [5, 5.41) is 11.5. The standard InChI is InChI=1S/C29H28N2O8S/c1-7-12-39-28(35)26-16(3)30-29(40-26)31-23(17-8-11-20(37-5)21(14-17)38-6)22(25(33)27(31)34)24(32)18-9-10-19(36-4)15(2)13-18/h7-11,13-14,23,32H,1,12H2,2-6H3/b24-22+/t23-/m0/s1. The molecule has 11 heteroatoms. The van der Waals surface area contributed by atoms with E-state index in [-0.39, 0.29) is 27.9 Å². The first-order valence-electron chi connectivity index (χ1n) is 12.1. The number of thiazole rings is 1. The number of ether oxygens (including phenoxy) is 4. The third-order valence-corrected chi connectivity index (χ3v) is 7.48. The monoisotopic (exact) mass is 564 g/mol. The summed E-state index contributed by atoms with van der Waals surface area (Å²) in [6.45, 7) is 6.94. The van der Waals surface area contributed by atoms with Crippen molar-refractivity contribution in [2.45, 2.75) is 19.9 Å². The molecule has 10 nitrogen and oxygen atoms in total. The van der Waals surface area contributed by atoms with Crippen LogP contribution in [-0.4, -0.2) is 55.7 Å². The van der Waals surface area contributed by atoms with Crippen LogP contribution in [0.15, 0.2) is 54.6 Å². The second kappa shape index (κ2) is 11.6. The zero-order valence-corrected chi connectivity index (χ0v) is 23.5. The number of aromatic nitrogens is 1. The van der Waals surface area contributed by atoms with E-state index in [1.54, 1.807) is 50.2 Å². The van der Waals surface area contributed by atoms with Crippen LogP contribution < -0.4 is 19.1 Å². The van der Waals surface area contributed by atoms with Gasteiger partial charge >= 0.3 is 11.9 Å². The van der Waals surface area contributed by atoms with Gasteiger partial charge in [-0.25, -0.2) is 9.78 Å². The number of anilines is 1. The molecule has 2 heterocycles. The number of aliphatic hydroxyl groups is 1. The van der Waals surface area contributed by atoms with Crippen LogP contribution in [0.4, 0.5) is 5.13 Å². The lowest BCUT2D eigenvalue weighted by atomic mass is 9.94. The summed E-state index contributed by atoms with van der Waals surface area (Å²) in [5.74, 6) is -1.43. The maximum atomic E-state index is 13.5. The molecule has 208 valence electrons. The lowest BCUT2D eigenvalue weighted by molar-refractivity contribution is -0.132. The fourth-order valence-electron chi connectivity index (χ4n) is 4.42. The fourth-order valence-corrected chi connectivity index (χ4v) is 5.41. The van der Waals surface area contributed by atoms with Crippen molar-refractivity contribution < 1.29 is 38.4 Å². The van der Waals surface area contributed by atoms with E-state index in [1.807, 2.05) is 0 Å². The van der Waals surface area contributed by atoms with Crippen LogP contribution >= 0.6 is 11.3 Å². The molecular formula is C29H28N2O8S. The van der Waals surface area contributed by atoms with Crippen molar-refractivity contribution in [3.63, 3.8) is 0 Å². The van der Waals surface area contributed by atoms with Crippen LogP contribution in [0.25, 0.3) is 5.76 Å². The molecule has 0 unspecified atom stereocenters. The predicted molar refractivity (Wildman–Crippen MR) is 149 cm³/mol. The van der Waals surface area contributed by atoms with Crippen molar-refractivity contribution in [2.24, 2.45) is 0 Å². The molecule has 3 aromatic rings. The number of nitrogens with zero attached hydrogens (tertiary/aromatic N) is 2. The normalized spacial score (nSPS) is 16.1. The molecule has 1 atom stereocenters. The summed E-state index contributed by atoms with van der Waals surface area (Å²) in [5.41, 5.74) is 1.68. The number of rotatable bonds is 9. The average Bonchev–Trinajstić information content (AvgIpc) is 3.46. The zero-order chi connectivity index (χ0) is 29.1. The largest absolute Gasteiger partial charge is 0.507 e. The molecule has 1 fully saturated rings. The van der Waals surface area contributed by atoms with Crippen molar-refractivity contribution in [1.29, 1.82) is 0 Å². The van der Waals surface area contributed by atoms with Gasteiger partial charge < -0.3 is 24.1 Å². The molecule has 0 radical (unpaired) electrons. The van der Waals surface area contributed by atoms with Gasteiger partial charge in [-0.1, -0.05) is 30.1 Å². The summed E-state index contributed by atoms with van der Waals surface area (Å²) in [4.78, 5) is 45.4. The molecule has 0 spiro atoms. The second-order valence-corrected chi connectivity index (χ2v) is 9.74. The molecule has 40 heavy (non-hydrogen) atoms. The number of aryl methyl sites for hydroxylation is 2. The first-order valence-corrected chi connectivity index (χ1v) is 12.9. The zero-order valence-electron chi connectivity index (χ0n) is 22.6. The van der Waals surface area contributed by atoms with Crippen molar-refractivity contribution in [1.82, 2.24) is 4.98 Å². The van der Waals surface area contributed by atoms with Gasteiger partial charge in [0, 0.05) is 5.56 Å². The van der Waals surface area contributed by atoms with Crippen LogP contribution in [-0.2, 0) is 14.3 Å². The Morgan fingerprint density at radius 1 is 1.05 bits per heavy atom. The van der Waals surface area contributed by atoms with Gasteiger partial charge in [-0.2, -0.15) is 0 Å². The highest BCUT2D eigenvalue weighted by Gasteiger charge is 2.48. The highest BCUT2D eigenvalue weighted by molar-refractivity contribution is 7.17. The van der Waals surface area contributed by atoms with E-state index >= 15 is 0 Å². The number of benzene rings is 2. The summed E-state index contributed by atoms with van der Waals surface area (Å²) < 4.78 is 21.3. The van der Waals surface area contributed by atoms with Gasteiger partial charge in [0.15, 0.2) is 16.6 Å². The van der Waals surface area contributed by atoms with Gasteiger partial charge in [0.1, 0.15) is 23.0 Å². The molecule has 0 saturated carbocycles. The molecule has 1 amide bonds. The fraction of sp³-hybridized carbons (Fsp3) is 0.241. The number of ketones is 1.